The Morgan fingerprint density at radius 2 is 2.15 bits per heavy atom. The zero-order valence-corrected chi connectivity index (χ0v) is 17.4. The van der Waals surface area contributed by atoms with Crippen LogP contribution in [0, 0.1) is 0 Å². The highest BCUT2D eigenvalue weighted by Crippen LogP contribution is 2.25. The molecular formula is C20H31N5OS. The minimum Gasteiger partial charge on any atom is -0.468 e. The molecule has 1 aliphatic rings. The van der Waals surface area contributed by atoms with E-state index in [0.717, 1.165) is 48.6 Å². The van der Waals surface area contributed by atoms with Crippen LogP contribution in [0.1, 0.15) is 62.0 Å². The fraction of sp³-hybridized carbons (Fsp3) is 0.600. The van der Waals surface area contributed by atoms with Crippen molar-refractivity contribution >= 4 is 17.3 Å². The van der Waals surface area contributed by atoms with E-state index < -0.39 is 0 Å². The first-order valence-corrected chi connectivity index (χ1v) is 10.8. The molecule has 0 saturated carbocycles. The van der Waals surface area contributed by atoms with E-state index >= 15 is 0 Å². The second-order valence-corrected chi connectivity index (χ2v) is 8.11. The predicted octanol–water partition coefficient (Wildman–Crippen LogP) is 3.75. The molecule has 0 radical (unpaired) electrons. The SMILES string of the molecule is CCNC(=NCc1nc(C(C)C)cs1)NCC(c1ccco1)N1CCCC1. The monoisotopic (exact) mass is 389 g/mol. The van der Waals surface area contributed by atoms with Gasteiger partial charge in [-0.25, -0.2) is 9.98 Å². The average molecular weight is 390 g/mol. The van der Waals surface area contributed by atoms with E-state index in [4.69, 9.17) is 9.41 Å². The Labute approximate surface area is 166 Å². The Hall–Kier alpha value is -1.86. The van der Waals surface area contributed by atoms with Gasteiger partial charge in [0, 0.05) is 18.5 Å². The van der Waals surface area contributed by atoms with Crippen molar-refractivity contribution in [2.24, 2.45) is 4.99 Å². The first kappa shape index (κ1) is 19.9. The number of thiazole rings is 1. The largest absolute Gasteiger partial charge is 0.468 e. The summed E-state index contributed by atoms with van der Waals surface area (Å²) in [7, 11) is 0. The molecule has 7 heteroatoms. The normalized spacial score (nSPS) is 16.8. The van der Waals surface area contributed by atoms with Crippen molar-refractivity contribution in [1.82, 2.24) is 20.5 Å². The number of aliphatic imine (C=N–C) groups is 1. The van der Waals surface area contributed by atoms with Crippen molar-refractivity contribution in [2.75, 3.05) is 26.2 Å². The molecule has 1 fully saturated rings. The molecule has 1 aliphatic heterocycles. The summed E-state index contributed by atoms with van der Waals surface area (Å²) < 4.78 is 5.70. The maximum atomic E-state index is 5.70. The van der Waals surface area contributed by atoms with Gasteiger partial charge >= 0.3 is 0 Å². The van der Waals surface area contributed by atoms with E-state index in [0.29, 0.717) is 12.5 Å². The fourth-order valence-corrected chi connectivity index (χ4v) is 4.17. The maximum Gasteiger partial charge on any atom is 0.191 e. The standard InChI is InChI=1S/C20H31N5OS/c1-4-21-20(23-13-19-24-16(14-27-19)15(2)3)22-12-17(18-8-7-11-26-18)25-9-5-6-10-25/h7-8,11,14-15,17H,4-6,9-10,12-13H2,1-3H3,(H2,21,22,23). The van der Waals surface area contributed by atoms with Gasteiger partial charge in [-0.3, -0.25) is 4.90 Å². The highest BCUT2D eigenvalue weighted by Gasteiger charge is 2.25. The number of guanidine groups is 1. The summed E-state index contributed by atoms with van der Waals surface area (Å²) >= 11 is 1.68. The number of furan rings is 1. The second kappa shape index (κ2) is 9.90. The molecule has 1 unspecified atom stereocenters. The van der Waals surface area contributed by atoms with Gasteiger partial charge in [-0.2, -0.15) is 0 Å². The molecule has 3 rings (SSSR count). The Bertz CT molecular complexity index is 704. The predicted molar refractivity (Wildman–Crippen MR) is 111 cm³/mol. The van der Waals surface area contributed by atoms with Crippen LogP contribution in [0.4, 0.5) is 0 Å². The molecule has 2 aromatic heterocycles. The summed E-state index contributed by atoms with van der Waals surface area (Å²) in [4.78, 5) is 11.9. The molecule has 0 aliphatic carbocycles. The Kier molecular flexibility index (Phi) is 7.29. The highest BCUT2D eigenvalue weighted by atomic mass is 32.1. The molecule has 27 heavy (non-hydrogen) atoms. The lowest BCUT2D eigenvalue weighted by Crippen LogP contribution is -2.42. The molecule has 3 heterocycles. The number of hydrogen-bond donors (Lipinski definition) is 2. The lowest BCUT2D eigenvalue weighted by atomic mass is 10.2. The summed E-state index contributed by atoms with van der Waals surface area (Å²) in [6, 6.07) is 4.27. The van der Waals surface area contributed by atoms with Crippen molar-refractivity contribution in [1.29, 1.82) is 0 Å². The van der Waals surface area contributed by atoms with Crippen LogP contribution in [0.15, 0.2) is 33.2 Å². The zero-order chi connectivity index (χ0) is 19.1. The molecule has 0 spiro atoms. The van der Waals surface area contributed by atoms with Crippen molar-refractivity contribution in [3.63, 3.8) is 0 Å². The van der Waals surface area contributed by atoms with Crippen LogP contribution in [-0.2, 0) is 6.54 Å². The summed E-state index contributed by atoms with van der Waals surface area (Å²) in [5.41, 5.74) is 1.15. The van der Waals surface area contributed by atoms with Crippen LogP contribution in [0.3, 0.4) is 0 Å². The smallest absolute Gasteiger partial charge is 0.191 e. The second-order valence-electron chi connectivity index (χ2n) is 7.17. The molecule has 1 atom stereocenters. The molecule has 2 N–H and O–H groups in total. The Morgan fingerprint density at radius 1 is 1.33 bits per heavy atom. The lowest BCUT2D eigenvalue weighted by molar-refractivity contribution is 0.215. The van der Waals surface area contributed by atoms with E-state index in [1.807, 2.05) is 6.07 Å². The summed E-state index contributed by atoms with van der Waals surface area (Å²) in [5.74, 6) is 2.30. The quantitative estimate of drug-likeness (QED) is 0.532. The average Bonchev–Trinajstić information content (AvgIpc) is 3.42. The first-order chi connectivity index (χ1) is 13.2. The topological polar surface area (TPSA) is 65.7 Å². The van der Waals surface area contributed by atoms with Gasteiger partial charge in [-0.15, -0.1) is 11.3 Å². The van der Waals surface area contributed by atoms with E-state index in [1.54, 1.807) is 17.6 Å². The van der Waals surface area contributed by atoms with Gasteiger partial charge in [0.2, 0.25) is 0 Å². The third-order valence-electron chi connectivity index (χ3n) is 4.79. The van der Waals surface area contributed by atoms with Gasteiger partial charge < -0.3 is 15.1 Å². The van der Waals surface area contributed by atoms with Gasteiger partial charge in [0.25, 0.3) is 0 Å². The van der Waals surface area contributed by atoms with Crippen molar-refractivity contribution in [3.8, 4) is 0 Å². The van der Waals surface area contributed by atoms with Crippen molar-refractivity contribution in [2.45, 2.75) is 52.1 Å². The van der Waals surface area contributed by atoms with E-state index in [-0.39, 0.29) is 6.04 Å². The summed E-state index contributed by atoms with van der Waals surface area (Å²) in [6.07, 6.45) is 4.27. The van der Waals surface area contributed by atoms with Crippen LogP contribution in [0.5, 0.6) is 0 Å². The fourth-order valence-electron chi connectivity index (χ4n) is 3.29. The van der Waals surface area contributed by atoms with Crippen molar-refractivity contribution < 1.29 is 4.42 Å². The van der Waals surface area contributed by atoms with Crippen LogP contribution >= 0.6 is 11.3 Å². The molecule has 0 aromatic carbocycles. The van der Waals surface area contributed by atoms with Gasteiger partial charge in [0.1, 0.15) is 10.8 Å². The highest BCUT2D eigenvalue weighted by molar-refractivity contribution is 7.09. The van der Waals surface area contributed by atoms with Crippen LogP contribution in [-0.4, -0.2) is 42.0 Å². The van der Waals surface area contributed by atoms with E-state index in [2.05, 4.69) is 52.7 Å². The van der Waals surface area contributed by atoms with Crippen LogP contribution < -0.4 is 10.6 Å². The number of likely N-dealkylation sites (tertiary alicyclic amines) is 1. The zero-order valence-electron chi connectivity index (χ0n) is 16.6. The third-order valence-corrected chi connectivity index (χ3v) is 5.65. The molecule has 0 amide bonds. The number of rotatable bonds is 8. The molecule has 1 saturated heterocycles. The van der Waals surface area contributed by atoms with Crippen LogP contribution in [0.2, 0.25) is 0 Å². The van der Waals surface area contributed by atoms with Gasteiger partial charge in [0.05, 0.1) is 24.5 Å². The minimum absolute atomic E-state index is 0.235. The summed E-state index contributed by atoms with van der Waals surface area (Å²) in [5, 5.41) is 10.0. The third kappa shape index (κ3) is 5.56. The molecule has 2 aromatic rings. The van der Waals surface area contributed by atoms with Gasteiger partial charge in [0.15, 0.2) is 5.96 Å². The maximum absolute atomic E-state index is 5.70. The summed E-state index contributed by atoms with van der Waals surface area (Å²) in [6.45, 7) is 10.9. The van der Waals surface area contributed by atoms with Crippen LogP contribution in [0.25, 0.3) is 0 Å². The molecular weight excluding hydrogens is 358 g/mol. The number of aromatic nitrogens is 1. The number of nitrogens with one attached hydrogen (secondary N) is 2. The van der Waals surface area contributed by atoms with Gasteiger partial charge in [-0.05, 0) is 50.9 Å². The Balaban J connectivity index is 1.63. The van der Waals surface area contributed by atoms with Gasteiger partial charge in [-0.1, -0.05) is 13.8 Å². The first-order valence-electron chi connectivity index (χ1n) is 9.91. The lowest BCUT2D eigenvalue weighted by Gasteiger charge is -2.26. The molecule has 0 bridgehead atoms. The minimum atomic E-state index is 0.235. The van der Waals surface area contributed by atoms with E-state index in [9.17, 15) is 0 Å². The van der Waals surface area contributed by atoms with Crippen molar-refractivity contribution in [3.05, 3.63) is 40.2 Å². The number of hydrogen-bond acceptors (Lipinski definition) is 5. The number of nitrogens with zero attached hydrogens (tertiary/aromatic N) is 3. The molecule has 148 valence electrons. The van der Waals surface area contributed by atoms with E-state index in [1.165, 1.54) is 12.8 Å². The molecule has 6 nitrogen and oxygen atoms in total. The Morgan fingerprint density at radius 3 is 2.78 bits per heavy atom.